The van der Waals surface area contributed by atoms with E-state index in [1.165, 1.54) is 4.90 Å². The molecule has 16 nitrogen and oxygen atoms in total. The van der Waals surface area contributed by atoms with Gasteiger partial charge in [0.25, 0.3) is 11.8 Å². The molecule has 4 aromatic rings. The Morgan fingerprint density at radius 2 is 1.55 bits per heavy atom. The zero-order chi connectivity index (χ0) is 51.9. The fourth-order valence-corrected chi connectivity index (χ4v) is 10.5. The Kier molecular flexibility index (Phi) is 14.6. The monoisotopic (exact) mass is 997 g/mol. The first-order chi connectivity index (χ1) is 35.0. The number of nitrogens with one attached hydrogen (secondary N) is 1. The highest BCUT2D eigenvalue weighted by Crippen LogP contribution is 2.57. The summed E-state index contributed by atoms with van der Waals surface area (Å²) in [4.78, 5) is 72.7. The topological polar surface area (TPSA) is 200 Å². The third-order valence-corrected chi connectivity index (χ3v) is 15.3. The lowest BCUT2D eigenvalue weighted by Gasteiger charge is -2.31. The number of anilines is 1. The zero-order valence-corrected chi connectivity index (χ0v) is 42.8. The number of carbonyl (C=O) groups excluding carboxylic acids is 5. The summed E-state index contributed by atoms with van der Waals surface area (Å²) < 4.78 is 29.8. The quantitative estimate of drug-likeness (QED) is 0.0885. The van der Waals surface area contributed by atoms with E-state index in [1.807, 2.05) is 57.0 Å². The minimum absolute atomic E-state index is 0.0280. The van der Waals surface area contributed by atoms with E-state index in [1.54, 1.807) is 68.5 Å². The van der Waals surface area contributed by atoms with Crippen LogP contribution in [-0.4, -0.2) is 109 Å². The van der Waals surface area contributed by atoms with Gasteiger partial charge in [-0.1, -0.05) is 50.2 Å². The van der Waals surface area contributed by atoms with E-state index in [0.717, 1.165) is 59.3 Å². The van der Waals surface area contributed by atoms with Crippen LogP contribution in [0.4, 0.5) is 10.5 Å². The number of aliphatic hydroxyl groups excluding tert-OH is 1. The lowest BCUT2D eigenvalue weighted by Crippen LogP contribution is -2.50. The van der Waals surface area contributed by atoms with Gasteiger partial charge in [-0.05, 0) is 134 Å². The first-order valence-electron chi connectivity index (χ1n) is 25.4. The summed E-state index contributed by atoms with van der Waals surface area (Å²) in [6.45, 7) is 10.0. The Morgan fingerprint density at radius 1 is 0.836 bits per heavy atom. The Hall–Kier alpha value is -6.91. The number of hydrogen-bond acceptors (Lipinski definition) is 12. The molecule has 16 heteroatoms. The number of rotatable bonds is 17. The van der Waals surface area contributed by atoms with Gasteiger partial charge in [0.05, 0.1) is 56.8 Å². The number of benzene rings is 4. The third-order valence-electron chi connectivity index (χ3n) is 15.3. The molecule has 5 atom stereocenters. The highest BCUT2D eigenvalue weighted by Gasteiger charge is 2.58. The first-order valence-corrected chi connectivity index (χ1v) is 25.4. The van der Waals surface area contributed by atoms with E-state index in [-0.39, 0.29) is 78.4 Å². The molecule has 1 saturated heterocycles. The van der Waals surface area contributed by atoms with Gasteiger partial charge in [0.2, 0.25) is 5.91 Å². The van der Waals surface area contributed by atoms with Gasteiger partial charge in [0.1, 0.15) is 18.1 Å². The predicted octanol–water partition coefficient (Wildman–Crippen LogP) is 7.44. The molecule has 386 valence electrons. The van der Waals surface area contributed by atoms with Crippen LogP contribution in [0.1, 0.15) is 113 Å². The van der Waals surface area contributed by atoms with Gasteiger partial charge < -0.3 is 49.6 Å². The number of nitrogens with zero attached hydrogens (tertiary/aromatic N) is 3. The molecule has 5 aliphatic rings. The molecule has 0 bridgehead atoms. The van der Waals surface area contributed by atoms with Gasteiger partial charge in [0, 0.05) is 43.3 Å². The molecule has 73 heavy (non-hydrogen) atoms. The second-order valence-corrected chi connectivity index (χ2v) is 20.8. The van der Waals surface area contributed by atoms with E-state index in [2.05, 4.69) is 11.4 Å². The number of methoxy groups -OCH3 is 2. The number of nitrogens with two attached hydrogens (primary N) is 1. The van der Waals surface area contributed by atoms with E-state index >= 15 is 0 Å². The van der Waals surface area contributed by atoms with E-state index in [0.29, 0.717) is 59.7 Å². The second kappa shape index (κ2) is 20.9. The second-order valence-electron chi connectivity index (χ2n) is 20.8. The molecule has 1 aliphatic carbocycles. The largest absolute Gasteiger partial charge is 0.496 e. The molecule has 4 amide bonds. The zero-order valence-electron chi connectivity index (χ0n) is 42.8. The Bertz CT molecular complexity index is 2840. The van der Waals surface area contributed by atoms with Crippen LogP contribution < -0.4 is 34.9 Å². The Morgan fingerprint density at radius 3 is 2.25 bits per heavy atom. The van der Waals surface area contributed by atoms with Gasteiger partial charge in [-0.2, -0.15) is 0 Å². The van der Waals surface area contributed by atoms with E-state index in [9.17, 15) is 29.1 Å². The SMILES string of the molecule is COc1cc(C2=CN3C(=O)c4cc(OC)c(OCCCOc5cc6c(cc5C)C(=O)N5CC7(CC7)C[C@H]5C(O)N6C(=O)OCc5ccc(CC(=O)[C@H](C)NC(=O)[C@@H](N)C(C)C)cc5)cc4CC[C@@H]3C2)ccc1C. The minimum atomic E-state index is -1.38. The van der Waals surface area contributed by atoms with Crippen molar-refractivity contribution in [3.05, 3.63) is 117 Å². The minimum Gasteiger partial charge on any atom is -0.496 e. The van der Waals surface area contributed by atoms with Crippen molar-refractivity contribution in [2.75, 3.05) is 38.9 Å². The fourth-order valence-electron chi connectivity index (χ4n) is 10.5. The lowest BCUT2D eigenvalue weighted by atomic mass is 9.97. The smallest absolute Gasteiger partial charge is 0.416 e. The molecule has 9 rings (SSSR count). The molecule has 0 aromatic heterocycles. The van der Waals surface area contributed by atoms with Gasteiger partial charge in [-0.3, -0.25) is 19.2 Å². The van der Waals surface area contributed by atoms with Crippen molar-refractivity contribution < 1.29 is 52.8 Å². The molecule has 1 spiro atoms. The van der Waals surface area contributed by atoms with Crippen LogP contribution >= 0.6 is 0 Å². The number of amides is 4. The van der Waals surface area contributed by atoms with Crippen molar-refractivity contribution in [2.24, 2.45) is 17.1 Å². The normalized spacial score (nSPS) is 20.2. The van der Waals surface area contributed by atoms with Crippen molar-refractivity contribution >= 4 is 40.9 Å². The molecule has 4 aromatic carbocycles. The summed E-state index contributed by atoms with van der Waals surface area (Å²) in [5, 5.41) is 14.7. The maximum atomic E-state index is 14.3. The number of ether oxygens (including phenoxy) is 5. The average Bonchev–Trinajstić information content (AvgIpc) is 3.89. The molecular formula is C57H67N5O11. The van der Waals surface area contributed by atoms with Crippen molar-refractivity contribution in [3.8, 4) is 23.0 Å². The Balaban J connectivity index is 0.846. The van der Waals surface area contributed by atoms with Crippen LogP contribution in [-0.2, 0) is 33.8 Å². The molecule has 4 aliphatic heterocycles. The number of aryl methyl sites for hydroxylation is 3. The summed E-state index contributed by atoms with van der Waals surface area (Å²) >= 11 is 0. The fraction of sp³-hybridized carbons (Fsp3) is 0.456. The van der Waals surface area contributed by atoms with Gasteiger partial charge in [0.15, 0.2) is 23.5 Å². The van der Waals surface area contributed by atoms with Crippen LogP contribution in [0.5, 0.6) is 23.0 Å². The number of aliphatic hydroxyl groups is 1. The number of hydrogen-bond donors (Lipinski definition) is 3. The van der Waals surface area contributed by atoms with Crippen LogP contribution in [0.3, 0.4) is 0 Å². The van der Waals surface area contributed by atoms with Gasteiger partial charge in [-0.15, -0.1) is 0 Å². The maximum absolute atomic E-state index is 14.3. The number of fused-ring (bicyclic) bond motifs is 4. The van der Waals surface area contributed by atoms with Crippen LogP contribution in [0.25, 0.3) is 5.57 Å². The molecule has 0 radical (unpaired) electrons. The van der Waals surface area contributed by atoms with Crippen LogP contribution in [0, 0.1) is 25.2 Å². The number of ketones is 1. The van der Waals surface area contributed by atoms with Crippen molar-refractivity contribution in [2.45, 2.75) is 123 Å². The number of Topliss-reactive ketones (excluding diaryl/α,β-unsaturated/α-hetero) is 1. The summed E-state index contributed by atoms with van der Waals surface area (Å²) in [5.41, 5.74) is 13.1. The highest BCUT2D eigenvalue weighted by atomic mass is 16.6. The summed E-state index contributed by atoms with van der Waals surface area (Å²) in [6.07, 6.45) is 5.02. The predicted molar refractivity (Wildman–Crippen MR) is 274 cm³/mol. The van der Waals surface area contributed by atoms with Crippen LogP contribution in [0.2, 0.25) is 0 Å². The maximum Gasteiger partial charge on any atom is 0.416 e. The van der Waals surface area contributed by atoms with Crippen molar-refractivity contribution in [3.63, 3.8) is 0 Å². The van der Waals surface area contributed by atoms with E-state index in [4.69, 9.17) is 29.4 Å². The van der Waals surface area contributed by atoms with E-state index < -0.39 is 30.4 Å². The average molecular weight is 998 g/mol. The lowest BCUT2D eigenvalue weighted by molar-refractivity contribution is -0.128. The van der Waals surface area contributed by atoms with Crippen LogP contribution in [0.15, 0.2) is 72.9 Å². The van der Waals surface area contributed by atoms with Crippen molar-refractivity contribution in [1.29, 1.82) is 0 Å². The third kappa shape index (κ3) is 10.5. The standard InChI is InChI=1S/C57H67N5O11/c1-32(2)51(58)52(64)59-35(5)46(63)22-36-10-12-37(13-11-36)30-73-56(68)62-44-27-48(34(4)21-43(44)54(66)61-31-57(17-18-57)28-45(61)55(62)67)71-19-8-20-72-50-25-39-15-16-41-23-40(38-14-9-33(3)47(24-38)69-6)29-60(41)53(65)42(39)26-49(50)70-7/h9-14,21,24-27,29,32,35,41,45,51,55,67H,8,15-20,22-23,28,30-31,58H2,1-7H3,(H,59,64)/t35-,41+,45-,51-,55?/m0/s1. The highest BCUT2D eigenvalue weighted by molar-refractivity contribution is 6.06. The molecule has 1 saturated carbocycles. The van der Waals surface area contributed by atoms with Gasteiger partial charge >= 0.3 is 6.09 Å². The Labute approximate surface area is 426 Å². The molecule has 4 N–H and O–H groups in total. The summed E-state index contributed by atoms with van der Waals surface area (Å²) in [7, 11) is 3.22. The molecular weight excluding hydrogens is 931 g/mol. The number of carbonyl (C=O) groups is 5. The molecule has 1 unspecified atom stereocenters. The summed E-state index contributed by atoms with van der Waals surface area (Å²) in [6, 6.07) is 18.2. The van der Waals surface area contributed by atoms with Crippen molar-refractivity contribution in [1.82, 2.24) is 15.1 Å². The summed E-state index contributed by atoms with van der Waals surface area (Å²) in [5.74, 6) is 1.27. The molecule has 4 heterocycles. The van der Waals surface area contributed by atoms with Gasteiger partial charge in [-0.25, -0.2) is 9.69 Å². The first kappa shape index (κ1) is 51.0. The molecule has 2 fully saturated rings.